The van der Waals surface area contributed by atoms with E-state index in [1.165, 1.54) is 11.1 Å². The lowest BCUT2D eigenvalue weighted by atomic mass is 10.1. The Hall–Kier alpha value is -0.940. The number of nitrogens with one attached hydrogen (secondary N) is 1. The Balaban J connectivity index is 1.80. The van der Waals surface area contributed by atoms with Crippen molar-refractivity contribution in [2.45, 2.75) is 32.2 Å². The first-order valence-electron chi connectivity index (χ1n) is 6.13. The Morgan fingerprint density at radius 2 is 2.33 bits per heavy atom. The zero-order valence-corrected chi connectivity index (χ0v) is 12.5. The molecule has 0 saturated heterocycles. The lowest BCUT2D eigenvalue weighted by Gasteiger charge is -2.12. The number of aryl methyl sites for hydroxylation is 2. The molecule has 0 spiro atoms. The first-order chi connectivity index (χ1) is 8.76. The van der Waals surface area contributed by atoms with Crippen molar-refractivity contribution in [2.75, 3.05) is 5.32 Å². The van der Waals surface area contributed by atoms with Gasteiger partial charge in [-0.1, -0.05) is 40.3 Å². The van der Waals surface area contributed by atoms with E-state index in [4.69, 9.17) is 0 Å². The lowest BCUT2D eigenvalue weighted by molar-refractivity contribution is 0.758. The molecule has 0 bridgehead atoms. The fraction of sp³-hybridized carbons (Fsp3) is 0.385. The van der Waals surface area contributed by atoms with Gasteiger partial charge in [0.15, 0.2) is 0 Å². The van der Waals surface area contributed by atoms with Gasteiger partial charge in [-0.05, 0) is 42.5 Å². The van der Waals surface area contributed by atoms with Crippen LogP contribution in [0.1, 0.15) is 35.5 Å². The summed E-state index contributed by atoms with van der Waals surface area (Å²) in [5.74, 6) is 0. The maximum atomic E-state index is 4.19. The van der Waals surface area contributed by atoms with Crippen LogP contribution in [0.5, 0.6) is 0 Å². The molecule has 94 valence electrons. The van der Waals surface area contributed by atoms with Crippen LogP contribution in [0.25, 0.3) is 0 Å². The van der Waals surface area contributed by atoms with Crippen molar-refractivity contribution in [2.24, 2.45) is 0 Å². The molecule has 1 aromatic carbocycles. The summed E-state index contributed by atoms with van der Waals surface area (Å²) in [7, 11) is 0. The molecular weight excluding hydrogens is 310 g/mol. The number of benzene rings is 1. The summed E-state index contributed by atoms with van der Waals surface area (Å²) >= 11 is 5.18. The molecule has 0 fully saturated rings. The number of hydrogen-bond acceptors (Lipinski definition) is 4. The van der Waals surface area contributed by atoms with Crippen LogP contribution in [0.4, 0.5) is 5.13 Å². The summed E-state index contributed by atoms with van der Waals surface area (Å²) in [6.45, 7) is 2.10. The van der Waals surface area contributed by atoms with Crippen molar-refractivity contribution in [1.82, 2.24) is 10.2 Å². The van der Waals surface area contributed by atoms with Crippen molar-refractivity contribution < 1.29 is 0 Å². The molecule has 1 unspecified atom stereocenters. The Kier molecular flexibility index (Phi) is 3.35. The predicted molar refractivity (Wildman–Crippen MR) is 78.1 cm³/mol. The number of rotatable bonds is 3. The topological polar surface area (TPSA) is 37.8 Å². The molecule has 18 heavy (non-hydrogen) atoms. The molecule has 1 aliphatic rings. The fourth-order valence-corrected chi connectivity index (χ4v) is 3.48. The Labute approximate surface area is 119 Å². The minimum absolute atomic E-state index is 0.380. The first-order valence-corrected chi connectivity index (χ1v) is 7.74. The summed E-state index contributed by atoms with van der Waals surface area (Å²) in [6.07, 6.45) is 3.21. The Morgan fingerprint density at radius 1 is 1.44 bits per heavy atom. The van der Waals surface area contributed by atoms with Crippen LogP contribution < -0.4 is 5.32 Å². The summed E-state index contributed by atoms with van der Waals surface area (Å²) in [5, 5.41) is 13.9. The van der Waals surface area contributed by atoms with E-state index in [1.807, 2.05) is 0 Å². The molecule has 2 aromatic rings. The van der Waals surface area contributed by atoms with Crippen LogP contribution in [-0.4, -0.2) is 10.2 Å². The summed E-state index contributed by atoms with van der Waals surface area (Å²) < 4.78 is 1.16. The minimum atomic E-state index is 0.380. The van der Waals surface area contributed by atoms with Gasteiger partial charge in [0.25, 0.3) is 0 Å². The molecule has 0 saturated carbocycles. The molecule has 0 radical (unpaired) electrons. The highest BCUT2D eigenvalue weighted by Crippen LogP contribution is 2.35. The van der Waals surface area contributed by atoms with Crippen molar-refractivity contribution in [1.29, 1.82) is 0 Å². The van der Waals surface area contributed by atoms with Crippen molar-refractivity contribution >= 4 is 32.4 Å². The zero-order chi connectivity index (χ0) is 12.5. The average Bonchev–Trinajstić information content (AvgIpc) is 2.97. The molecule has 1 aliphatic carbocycles. The molecule has 5 heteroatoms. The third-order valence-electron chi connectivity index (χ3n) is 3.25. The van der Waals surface area contributed by atoms with E-state index >= 15 is 0 Å². The third-order valence-corrected chi connectivity index (χ3v) is 4.74. The Bertz CT molecular complexity index is 567. The van der Waals surface area contributed by atoms with Crippen LogP contribution in [0.15, 0.2) is 22.7 Å². The van der Waals surface area contributed by atoms with Gasteiger partial charge in [0.1, 0.15) is 5.01 Å². The highest BCUT2D eigenvalue weighted by atomic mass is 79.9. The fourth-order valence-electron chi connectivity index (χ4n) is 2.34. The quantitative estimate of drug-likeness (QED) is 0.928. The van der Waals surface area contributed by atoms with E-state index in [9.17, 15) is 0 Å². The molecule has 0 aliphatic heterocycles. The molecule has 1 atom stereocenters. The monoisotopic (exact) mass is 323 g/mol. The second-order valence-electron chi connectivity index (χ2n) is 4.43. The van der Waals surface area contributed by atoms with Crippen molar-refractivity contribution in [3.63, 3.8) is 0 Å². The van der Waals surface area contributed by atoms with Crippen LogP contribution in [0, 0.1) is 0 Å². The number of aromatic nitrogens is 2. The minimum Gasteiger partial charge on any atom is -0.353 e. The number of halogens is 1. The molecule has 3 nitrogen and oxygen atoms in total. The largest absolute Gasteiger partial charge is 0.353 e. The molecule has 0 amide bonds. The van der Waals surface area contributed by atoms with E-state index < -0.39 is 0 Å². The lowest BCUT2D eigenvalue weighted by Crippen LogP contribution is -2.06. The summed E-state index contributed by atoms with van der Waals surface area (Å²) in [5.41, 5.74) is 2.83. The van der Waals surface area contributed by atoms with Crippen LogP contribution in [0.3, 0.4) is 0 Å². The zero-order valence-electron chi connectivity index (χ0n) is 10.1. The highest BCUT2D eigenvalue weighted by molar-refractivity contribution is 9.10. The van der Waals surface area contributed by atoms with Gasteiger partial charge in [-0.25, -0.2) is 0 Å². The van der Waals surface area contributed by atoms with E-state index in [1.54, 1.807) is 11.3 Å². The van der Waals surface area contributed by atoms with Gasteiger partial charge in [0.05, 0.1) is 6.04 Å². The van der Waals surface area contributed by atoms with Gasteiger partial charge in [0, 0.05) is 4.47 Å². The summed E-state index contributed by atoms with van der Waals surface area (Å²) in [4.78, 5) is 0. The number of fused-ring (bicyclic) bond motifs is 1. The van der Waals surface area contributed by atoms with Gasteiger partial charge >= 0.3 is 0 Å². The number of nitrogens with zero attached hydrogens (tertiary/aromatic N) is 2. The molecule has 1 heterocycles. The van der Waals surface area contributed by atoms with E-state index in [0.717, 1.165) is 33.9 Å². The SMILES string of the molecule is CCc1nnc(NC2CCc3cc(Br)ccc32)s1. The van der Waals surface area contributed by atoms with Gasteiger partial charge in [-0.15, -0.1) is 10.2 Å². The normalized spacial score (nSPS) is 17.8. The standard InChI is InChI=1S/C13H14BrN3S/c1-2-12-16-17-13(18-12)15-11-6-3-8-7-9(14)4-5-10(8)11/h4-5,7,11H,2-3,6H2,1H3,(H,15,17). The molecule has 1 N–H and O–H groups in total. The smallest absolute Gasteiger partial charge is 0.206 e. The van der Waals surface area contributed by atoms with Crippen LogP contribution in [0.2, 0.25) is 0 Å². The van der Waals surface area contributed by atoms with Gasteiger partial charge < -0.3 is 5.32 Å². The highest BCUT2D eigenvalue weighted by Gasteiger charge is 2.23. The summed E-state index contributed by atoms with van der Waals surface area (Å²) in [6, 6.07) is 6.90. The van der Waals surface area contributed by atoms with Crippen molar-refractivity contribution in [3.05, 3.63) is 38.8 Å². The first kappa shape index (κ1) is 12.1. The van der Waals surface area contributed by atoms with Crippen LogP contribution >= 0.6 is 27.3 Å². The van der Waals surface area contributed by atoms with Gasteiger partial charge in [-0.3, -0.25) is 0 Å². The van der Waals surface area contributed by atoms with Gasteiger partial charge in [0.2, 0.25) is 5.13 Å². The maximum Gasteiger partial charge on any atom is 0.206 e. The Morgan fingerprint density at radius 3 is 3.11 bits per heavy atom. The second-order valence-corrected chi connectivity index (χ2v) is 6.41. The molecular formula is C13H14BrN3S. The second kappa shape index (κ2) is 4.97. The van der Waals surface area contributed by atoms with Crippen LogP contribution in [-0.2, 0) is 12.8 Å². The number of hydrogen-bond donors (Lipinski definition) is 1. The van der Waals surface area contributed by atoms with E-state index in [0.29, 0.717) is 6.04 Å². The molecule has 1 aromatic heterocycles. The maximum absolute atomic E-state index is 4.19. The molecule has 3 rings (SSSR count). The average molecular weight is 324 g/mol. The predicted octanol–water partition coefficient (Wildman–Crippen LogP) is 3.96. The van der Waals surface area contributed by atoms with E-state index in [-0.39, 0.29) is 0 Å². The number of anilines is 1. The third kappa shape index (κ3) is 2.29. The van der Waals surface area contributed by atoms with E-state index in [2.05, 4.69) is 56.6 Å². The van der Waals surface area contributed by atoms with Gasteiger partial charge in [-0.2, -0.15) is 0 Å². The van der Waals surface area contributed by atoms with Crippen molar-refractivity contribution in [3.8, 4) is 0 Å².